The van der Waals surface area contributed by atoms with E-state index in [2.05, 4.69) is 10.6 Å². The number of carbonyl (C=O) groups is 3. The molecule has 7 N–H and O–H groups in total. The molecule has 0 aliphatic heterocycles. The number of hydrogen-bond acceptors (Lipinski definition) is 5. The number of nitrogens with two attached hydrogens (primary N) is 2. The van der Waals surface area contributed by atoms with E-state index >= 15 is 0 Å². The zero-order valence-electron chi connectivity index (χ0n) is 15.7. The Morgan fingerprint density at radius 3 is 2.04 bits per heavy atom. The maximum absolute atomic E-state index is 12.5. The number of carbonyl (C=O) groups excluding carboxylic acids is 2. The monoisotopic (exact) mass is 358 g/mol. The van der Waals surface area contributed by atoms with Gasteiger partial charge in [0.05, 0.1) is 6.04 Å². The van der Waals surface area contributed by atoms with Crippen molar-refractivity contribution in [1.29, 1.82) is 0 Å². The van der Waals surface area contributed by atoms with Crippen LogP contribution in [0.4, 0.5) is 0 Å². The minimum absolute atomic E-state index is 0.115. The molecular formula is C17H34N4O4. The van der Waals surface area contributed by atoms with E-state index in [-0.39, 0.29) is 11.8 Å². The van der Waals surface area contributed by atoms with Gasteiger partial charge < -0.3 is 27.2 Å². The maximum Gasteiger partial charge on any atom is 0.326 e. The first-order valence-electron chi connectivity index (χ1n) is 8.89. The summed E-state index contributed by atoms with van der Waals surface area (Å²) < 4.78 is 0. The lowest BCUT2D eigenvalue weighted by molar-refractivity contribution is -0.143. The Kier molecular flexibility index (Phi) is 11.0. The van der Waals surface area contributed by atoms with E-state index in [1.54, 1.807) is 13.8 Å². The Morgan fingerprint density at radius 2 is 1.60 bits per heavy atom. The van der Waals surface area contributed by atoms with Gasteiger partial charge in [-0.3, -0.25) is 9.59 Å². The van der Waals surface area contributed by atoms with Gasteiger partial charge in [0, 0.05) is 0 Å². The summed E-state index contributed by atoms with van der Waals surface area (Å²) in [6.07, 6.45) is 2.32. The van der Waals surface area contributed by atoms with Crippen LogP contribution in [0.3, 0.4) is 0 Å². The van der Waals surface area contributed by atoms with Gasteiger partial charge in [0.2, 0.25) is 11.8 Å². The summed E-state index contributed by atoms with van der Waals surface area (Å²) in [5.41, 5.74) is 11.3. The first kappa shape index (κ1) is 23.3. The van der Waals surface area contributed by atoms with Gasteiger partial charge in [-0.15, -0.1) is 0 Å². The summed E-state index contributed by atoms with van der Waals surface area (Å²) in [6, 6.07) is -2.53. The first-order chi connectivity index (χ1) is 11.6. The number of unbranched alkanes of at least 4 members (excludes halogenated alkanes) is 1. The highest BCUT2D eigenvalue weighted by Gasteiger charge is 2.30. The molecule has 0 aromatic carbocycles. The number of carboxylic acids is 1. The SMILES string of the molecule is CC(C)C[C@H](NC(=O)[C@H](NC(=O)[C@H](N)CCCCN)C(C)C)C(=O)O. The predicted octanol–water partition coefficient (Wildman–Crippen LogP) is 0.199. The summed E-state index contributed by atoms with van der Waals surface area (Å²) in [5, 5.41) is 14.4. The number of nitrogens with one attached hydrogen (secondary N) is 2. The molecule has 2 amide bonds. The second-order valence-corrected chi connectivity index (χ2v) is 7.15. The van der Waals surface area contributed by atoms with Crippen molar-refractivity contribution in [2.45, 2.75) is 71.5 Å². The third kappa shape index (κ3) is 9.40. The third-order valence-electron chi connectivity index (χ3n) is 3.87. The van der Waals surface area contributed by atoms with Crippen LogP contribution in [0.15, 0.2) is 0 Å². The Labute approximate surface area is 150 Å². The van der Waals surface area contributed by atoms with Crippen LogP contribution >= 0.6 is 0 Å². The summed E-state index contributed by atoms with van der Waals surface area (Å²) >= 11 is 0. The average Bonchev–Trinajstić information content (AvgIpc) is 2.50. The molecule has 0 rings (SSSR count). The standard InChI is InChI=1S/C17H34N4O4/c1-10(2)9-13(17(24)25)20-16(23)14(11(3)4)21-15(22)12(19)7-5-6-8-18/h10-14H,5-9,18-19H2,1-4H3,(H,20,23)(H,21,22)(H,24,25)/t12-,13+,14-/m1/s1. The molecule has 8 heteroatoms. The first-order valence-corrected chi connectivity index (χ1v) is 8.89. The number of carboxylic acid groups (broad SMARTS) is 1. The van der Waals surface area contributed by atoms with Crippen LogP contribution in [0.1, 0.15) is 53.4 Å². The number of amides is 2. The fourth-order valence-electron chi connectivity index (χ4n) is 2.39. The molecule has 0 aliphatic rings. The fraction of sp³-hybridized carbons (Fsp3) is 0.824. The van der Waals surface area contributed by atoms with E-state index in [0.29, 0.717) is 19.4 Å². The summed E-state index contributed by atoms with van der Waals surface area (Å²) in [5.74, 6) is -2.10. The van der Waals surface area contributed by atoms with Crippen LogP contribution in [0.25, 0.3) is 0 Å². The summed E-state index contributed by atoms with van der Waals surface area (Å²) in [7, 11) is 0. The van der Waals surface area contributed by atoms with Crippen LogP contribution in [-0.2, 0) is 14.4 Å². The highest BCUT2D eigenvalue weighted by atomic mass is 16.4. The lowest BCUT2D eigenvalue weighted by Crippen LogP contribution is -2.56. The lowest BCUT2D eigenvalue weighted by Gasteiger charge is -2.25. The van der Waals surface area contributed by atoms with Gasteiger partial charge in [0.1, 0.15) is 12.1 Å². The second kappa shape index (κ2) is 11.8. The van der Waals surface area contributed by atoms with Gasteiger partial charge in [0.25, 0.3) is 0 Å². The highest BCUT2D eigenvalue weighted by molar-refractivity contribution is 5.91. The molecule has 0 saturated carbocycles. The molecule has 0 aromatic rings. The number of hydrogen-bond donors (Lipinski definition) is 5. The van der Waals surface area contributed by atoms with Gasteiger partial charge in [-0.05, 0) is 37.6 Å². The molecule has 0 fully saturated rings. The second-order valence-electron chi connectivity index (χ2n) is 7.15. The Morgan fingerprint density at radius 1 is 1.00 bits per heavy atom. The zero-order valence-corrected chi connectivity index (χ0v) is 15.7. The van der Waals surface area contributed by atoms with E-state index in [0.717, 1.165) is 12.8 Å². The van der Waals surface area contributed by atoms with E-state index in [1.165, 1.54) is 0 Å². The van der Waals surface area contributed by atoms with Crippen molar-refractivity contribution < 1.29 is 19.5 Å². The molecule has 0 saturated heterocycles. The Bertz CT molecular complexity index is 440. The van der Waals surface area contributed by atoms with E-state index in [4.69, 9.17) is 11.5 Å². The minimum atomic E-state index is -1.09. The van der Waals surface area contributed by atoms with Gasteiger partial charge in [-0.25, -0.2) is 4.79 Å². The third-order valence-corrected chi connectivity index (χ3v) is 3.87. The van der Waals surface area contributed by atoms with Crippen LogP contribution in [0.5, 0.6) is 0 Å². The highest BCUT2D eigenvalue weighted by Crippen LogP contribution is 2.08. The fourth-order valence-corrected chi connectivity index (χ4v) is 2.39. The molecule has 0 aromatic heterocycles. The summed E-state index contributed by atoms with van der Waals surface area (Å²) in [6.45, 7) is 7.86. The predicted molar refractivity (Wildman–Crippen MR) is 96.7 cm³/mol. The Balaban J connectivity index is 4.83. The van der Waals surface area contributed by atoms with E-state index < -0.39 is 35.9 Å². The zero-order chi connectivity index (χ0) is 19.6. The molecule has 0 bridgehead atoms. The van der Waals surface area contributed by atoms with Gasteiger partial charge >= 0.3 is 5.97 Å². The van der Waals surface area contributed by atoms with Gasteiger partial charge in [-0.1, -0.05) is 34.1 Å². The molecular weight excluding hydrogens is 324 g/mol. The van der Waals surface area contributed by atoms with E-state index in [1.807, 2.05) is 13.8 Å². The smallest absolute Gasteiger partial charge is 0.326 e. The Hall–Kier alpha value is -1.67. The molecule has 146 valence electrons. The van der Waals surface area contributed by atoms with Gasteiger partial charge in [0.15, 0.2) is 0 Å². The van der Waals surface area contributed by atoms with Crippen molar-refractivity contribution in [1.82, 2.24) is 10.6 Å². The van der Waals surface area contributed by atoms with Gasteiger partial charge in [-0.2, -0.15) is 0 Å². The van der Waals surface area contributed by atoms with Crippen molar-refractivity contribution in [3.8, 4) is 0 Å². The van der Waals surface area contributed by atoms with E-state index in [9.17, 15) is 19.5 Å². The molecule has 0 unspecified atom stereocenters. The normalized spacial score (nSPS) is 14.9. The van der Waals surface area contributed by atoms with Crippen molar-refractivity contribution in [3.63, 3.8) is 0 Å². The number of rotatable bonds is 12. The van der Waals surface area contributed by atoms with Crippen molar-refractivity contribution in [2.24, 2.45) is 23.3 Å². The van der Waals surface area contributed by atoms with Crippen LogP contribution in [-0.4, -0.2) is 47.6 Å². The summed E-state index contributed by atoms with van der Waals surface area (Å²) in [4.78, 5) is 36.0. The maximum atomic E-state index is 12.5. The molecule has 0 heterocycles. The molecule has 0 spiro atoms. The van der Waals surface area contributed by atoms with Crippen molar-refractivity contribution in [2.75, 3.05) is 6.54 Å². The quantitative estimate of drug-likeness (QED) is 0.315. The number of aliphatic carboxylic acids is 1. The largest absolute Gasteiger partial charge is 0.480 e. The van der Waals surface area contributed by atoms with Crippen molar-refractivity contribution in [3.05, 3.63) is 0 Å². The topological polar surface area (TPSA) is 148 Å². The molecule has 0 radical (unpaired) electrons. The molecule has 3 atom stereocenters. The van der Waals surface area contributed by atoms with Crippen molar-refractivity contribution >= 4 is 17.8 Å². The molecule has 25 heavy (non-hydrogen) atoms. The molecule has 0 aliphatic carbocycles. The van der Waals surface area contributed by atoms with Crippen LogP contribution in [0, 0.1) is 11.8 Å². The average molecular weight is 358 g/mol. The minimum Gasteiger partial charge on any atom is -0.480 e. The lowest BCUT2D eigenvalue weighted by atomic mass is 9.99. The van der Waals surface area contributed by atoms with Crippen LogP contribution in [0.2, 0.25) is 0 Å². The molecule has 8 nitrogen and oxygen atoms in total. The van der Waals surface area contributed by atoms with Crippen LogP contribution < -0.4 is 22.1 Å².